The Kier molecular flexibility index (Phi) is 19.9. The third-order valence-electron chi connectivity index (χ3n) is 3.83. The summed E-state index contributed by atoms with van der Waals surface area (Å²) in [6.45, 7) is 0.668. The van der Waals surface area contributed by atoms with Crippen LogP contribution in [0.25, 0.3) is 0 Å². The SMILES string of the molecule is C#CCCC(=O)NC.C#CCOCCC(=O)NC.CNC(=O)OC1CCC#CC(F)(F)CC1. The Balaban J connectivity index is 0. The molecule has 0 aliphatic heterocycles. The van der Waals surface area contributed by atoms with Gasteiger partial charge in [0.15, 0.2) is 0 Å². The van der Waals surface area contributed by atoms with Gasteiger partial charge in [-0.1, -0.05) is 11.8 Å². The molecule has 0 saturated carbocycles. The summed E-state index contributed by atoms with van der Waals surface area (Å²) in [5, 5.41) is 7.22. The lowest BCUT2D eigenvalue weighted by Gasteiger charge is -2.19. The van der Waals surface area contributed by atoms with E-state index >= 15 is 0 Å². The second-order valence-electron chi connectivity index (χ2n) is 6.42. The fourth-order valence-electron chi connectivity index (χ4n) is 2.03. The van der Waals surface area contributed by atoms with Gasteiger partial charge in [0, 0.05) is 53.2 Å². The Hall–Kier alpha value is -3.29. The number of carbonyl (C=O) groups is 3. The summed E-state index contributed by atoms with van der Waals surface area (Å²) in [5.41, 5.74) is 0. The number of nitrogens with one attached hydrogen (secondary N) is 3. The molecule has 0 heterocycles. The van der Waals surface area contributed by atoms with Crippen LogP contribution in [0.2, 0.25) is 0 Å². The van der Waals surface area contributed by atoms with E-state index in [1.54, 1.807) is 14.1 Å². The van der Waals surface area contributed by atoms with Crippen molar-refractivity contribution in [3.8, 4) is 36.5 Å². The molecule has 8 nitrogen and oxygen atoms in total. The molecule has 0 spiro atoms. The molecular weight excluding hydrogens is 436 g/mol. The summed E-state index contributed by atoms with van der Waals surface area (Å²) in [4.78, 5) is 31.8. The molecule has 3 amide bonds. The quantitative estimate of drug-likeness (QED) is 0.390. The molecule has 1 aliphatic carbocycles. The Morgan fingerprint density at radius 1 is 1.03 bits per heavy atom. The number of ether oxygens (including phenoxy) is 2. The number of rotatable bonds is 7. The molecule has 3 N–H and O–H groups in total. The fourth-order valence-corrected chi connectivity index (χ4v) is 2.03. The topological polar surface area (TPSA) is 106 Å². The first-order valence-electron chi connectivity index (χ1n) is 10.3. The zero-order valence-corrected chi connectivity index (χ0v) is 19.4. The number of amides is 3. The lowest BCUT2D eigenvalue weighted by atomic mass is 10.0. The van der Waals surface area contributed by atoms with Crippen LogP contribution in [-0.4, -0.2) is 64.3 Å². The van der Waals surface area contributed by atoms with Gasteiger partial charge in [-0.2, -0.15) is 8.78 Å². The molecule has 0 radical (unpaired) electrons. The van der Waals surface area contributed by atoms with Crippen molar-refractivity contribution in [3.05, 3.63) is 0 Å². The second kappa shape index (κ2) is 20.6. The van der Waals surface area contributed by atoms with E-state index in [1.807, 2.05) is 5.92 Å². The minimum absolute atomic E-state index is 0.00273. The van der Waals surface area contributed by atoms with E-state index in [0.717, 1.165) is 0 Å². The maximum absolute atomic E-state index is 12.9. The number of carbonyl (C=O) groups excluding carboxylic acids is 3. The highest BCUT2D eigenvalue weighted by Crippen LogP contribution is 2.24. The molecule has 1 atom stereocenters. The van der Waals surface area contributed by atoms with Crippen molar-refractivity contribution in [2.24, 2.45) is 0 Å². The van der Waals surface area contributed by atoms with Crippen molar-refractivity contribution < 1.29 is 32.6 Å². The number of hydrogen-bond acceptors (Lipinski definition) is 5. The van der Waals surface area contributed by atoms with E-state index in [9.17, 15) is 23.2 Å². The van der Waals surface area contributed by atoms with E-state index in [1.165, 1.54) is 7.05 Å². The Bertz CT molecular complexity index is 733. The van der Waals surface area contributed by atoms with Crippen molar-refractivity contribution in [3.63, 3.8) is 0 Å². The van der Waals surface area contributed by atoms with E-state index in [4.69, 9.17) is 22.3 Å². The summed E-state index contributed by atoms with van der Waals surface area (Å²) in [7, 11) is 4.61. The van der Waals surface area contributed by atoms with Gasteiger partial charge in [-0.3, -0.25) is 9.59 Å². The monoisotopic (exact) mass is 469 g/mol. The normalized spacial score (nSPS) is 15.3. The summed E-state index contributed by atoms with van der Waals surface area (Å²) >= 11 is 0. The first-order chi connectivity index (χ1) is 15.6. The van der Waals surface area contributed by atoms with Gasteiger partial charge in [0.1, 0.15) is 12.7 Å². The largest absolute Gasteiger partial charge is 0.446 e. The van der Waals surface area contributed by atoms with Crippen molar-refractivity contribution in [2.75, 3.05) is 34.4 Å². The van der Waals surface area contributed by atoms with Gasteiger partial charge in [0.25, 0.3) is 0 Å². The minimum Gasteiger partial charge on any atom is -0.446 e. The molecule has 1 rings (SSSR count). The highest BCUT2D eigenvalue weighted by atomic mass is 19.3. The van der Waals surface area contributed by atoms with Gasteiger partial charge in [-0.05, 0) is 18.8 Å². The van der Waals surface area contributed by atoms with Crippen LogP contribution in [-0.2, 0) is 19.1 Å². The second-order valence-corrected chi connectivity index (χ2v) is 6.42. The molecule has 0 fully saturated rings. The molecule has 0 aromatic heterocycles. The van der Waals surface area contributed by atoms with Gasteiger partial charge in [0.2, 0.25) is 11.8 Å². The minimum atomic E-state index is -2.95. The van der Waals surface area contributed by atoms with Crippen LogP contribution in [0.5, 0.6) is 0 Å². The lowest BCUT2D eigenvalue weighted by molar-refractivity contribution is -0.122. The number of alkyl carbamates (subject to hydrolysis) is 1. The molecule has 0 saturated heterocycles. The maximum Gasteiger partial charge on any atom is 0.407 e. The van der Waals surface area contributed by atoms with Crippen LogP contribution in [0.15, 0.2) is 0 Å². The highest BCUT2D eigenvalue weighted by molar-refractivity contribution is 5.75. The van der Waals surface area contributed by atoms with Crippen molar-refractivity contribution in [1.29, 1.82) is 0 Å². The molecule has 1 aliphatic rings. The van der Waals surface area contributed by atoms with Gasteiger partial charge in [-0.25, -0.2) is 4.79 Å². The average Bonchev–Trinajstić information content (AvgIpc) is 2.80. The summed E-state index contributed by atoms with van der Waals surface area (Å²) in [6.07, 6.45) is 10.7. The van der Waals surface area contributed by atoms with E-state index < -0.39 is 18.1 Å². The van der Waals surface area contributed by atoms with Gasteiger partial charge in [-0.15, -0.1) is 18.8 Å². The standard InChI is InChI=1S/C10H13F2NO2.C7H11NO2.C6H9NO/c1-13-9(14)15-8-4-2-3-6-10(11,12)7-5-8;1-3-5-10-6-4-7(9)8-2;1-3-4-5-6(8)7-2/h8H,2,4-5,7H2,1H3,(H,13,14);1H,4-6H2,2H3,(H,8,9);1H,4-5H2,2H3,(H,7,8). The van der Waals surface area contributed by atoms with Crippen molar-refractivity contribution >= 4 is 17.9 Å². The van der Waals surface area contributed by atoms with Gasteiger partial charge in [0.05, 0.1) is 6.61 Å². The molecule has 184 valence electrons. The average molecular weight is 470 g/mol. The van der Waals surface area contributed by atoms with Crippen LogP contribution in [0.1, 0.15) is 44.9 Å². The third-order valence-corrected chi connectivity index (χ3v) is 3.83. The Morgan fingerprint density at radius 3 is 2.21 bits per heavy atom. The maximum atomic E-state index is 12.9. The Labute approximate surface area is 194 Å². The molecule has 0 bridgehead atoms. The summed E-state index contributed by atoms with van der Waals surface area (Å²) in [5.74, 6) is 5.99. The predicted molar refractivity (Wildman–Crippen MR) is 121 cm³/mol. The zero-order chi connectivity index (χ0) is 25.5. The van der Waals surface area contributed by atoms with E-state index in [2.05, 4.69) is 33.7 Å². The smallest absolute Gasteiger partial charge is 0.407 e. The Morgan fingerprint density at radius 2 is 1.67 bits per heavy atom. The zero-order valence-electron chi connectivity index (χ0n) is 19.4. The number of halogens is 2. The van der Waals surface area contributed by atoms with Gasteiger partial charge >= 0.3 is 12.0 Å². The number of hydrogen-bond donors (Lipinski definition) is 3. The lowest BCUT2D eigenvalue weighted by Crippen LogP contribution is -2.28. The summed E-state index contributed by atoms with van der Waals surface area (Å²) < 4.78 is 35.6. The van der Waals surface area contributed by atoms with E-state index in [0.29, 0.717) is 38.7 Å². The predicted octanol–water partition coefficient (Wildman–Crippen LogP) is 1.84. The van der Waals surface area contributed by atoms with Gasteiger partial charge < -0.3 is 25.4 Å². The van der Waals surface area contributed by atoms with Crippen LogP contribution in [0, 0.1) is 36.5 Å². The number of terminal acetylenes is 2. The molecule has 0 aromatic carbocycles. The number of alkyl halides is 2. The summed E-state index contributed by atoms with van der Waals surface area (Å²) in [6, 6.07) is 0. The highest BCUT2D eigenvalue weighted by Gasteiger charge is 2.29. The molecular formula is C23H33F2N3O5. The third kappa shape index (κ3) is 21.7. The van der Waals surface area contributed by atoms with Crippen molar-refractivity contribution in [1.82, 2.24) is 16.0 Å². The first-order valence-corrected chi connectivity index (χ1v) is 10.3. The van der Waals surface area contributed by atoms with E-state index in [-0.39, 0.29) is 31.3 Å². The van der Waals surface area contributed by atoms with Crippen LogP contribution in [0.4, 0.5) is 13.6 Å². The fraction of sp³-hybridized carbons (Fsp3) is 0.609. The molecule has 0 aromatic rings. The van der Waals surface area contributed by atoms with Crippen LogP contribution >= 0.6 is 0 Å². The molecule has 33 heavy (non-hydrogen) atoms. The molecule has 1 unspecified atom stereocenters. The van der Waals surface area contributed by atoms with Crippen LogP contribution < -0.4 is 16.0 Å². The van der Waals surface area contributed by atoms with Crippen molar-refractivity contribution in [2.45, 2.75) is 57.0 Å². The van der Waals surface area contributed by atoms with Crippen LogP contribution in [0.3, 0.4) is 0 Å². The molecule has 10 heteroatoms. The first kappa shape index (κ1) is 31.9.